The summed E-state index contributed by atoms with van der Waals surface area (Å²) in [6.07, 6.45) is 2.99. The van der Waals surface area contributed by atoms with Crippen LogP contribution in [-0.2, 0) is 0 Å². The van der Waals surface area contributed by atoms with Gasteiger partial charge in [0.1, 0.15) is 18.0 Å². The summed E-state index contributed by atoms with van der Waals surface area (Å²) in [5, 5.41) is 4.71. The summed E-state index contributed by atoms with van der Waals surface area (Å²) in [4.78, 5) is 30.5. The van der Waals surface area contributed by atoms with Crippen molar-refractivity contribution in [2.24, 2.45) is 4.99 Å². The van der Waals surface area contributed by atoms with Gasteiger partial charge >= 0.3 is 0 Å². The number of carbonyl (C=O) groups excluding carboxylic acids is 1. The minimum atomic E-state index is -1.01. The number of rotatable bonds is 5. The summed E-state index contributed by atoms with van der Waals surface area (Å²) < 4.78 is 26.8. The lowest BCUT2D eigenvalue weighted by molar-refractivity contribution is 0.100. The molecule has 0 saturated carbocycles. The lowest BCUT2D eigenvalue weighted by atomic mass is 10.1. The van der Waals surface area contributed by atoms with E-state index in [2.05, 4.69) is 25.3 Å². The minimum absolute atomic E-state index is 0.241. The number of fused-ring (bicyclic) bond motifs is 1. The molecule has 3 heterocycles. The molecule has 0 aliphatic heterocycles. The second kappa shape index (κ2) is 9.59. The first kappa shape index (κ1) is 23.2. The predicted molar refractivity (Wildman–Crippen MR) is 138 cm³/mol. The largest absolute Gasteiger partial charge is 0.383 e. The third-order valence-electron chi connectivity index (χ3n) is 5.44. The molecule has 2 aromatic carbocycles. The van der Waals surface area contributed by atoms with Crippen LogP contribution in [0.15, 0.2) is 78.2 Å². The highest BCUT2D eigenvalue weighted by molar-refractivity contribution is 7.19. The molecule has 5 rings (SSSR count). The molecule has 36 heavy (non-hydrogen) atoms. The van der Waals surface area contributed by atoms with Gasteiger partial charge in [0, 0.05) is 22.2 Å². The number of carbonyl (C=O) groups is 1. The fourth-order valence-electron chi connectivity index (χ4n) is 3.58. The van der Waals surface area contributed by atoms with Crippen LogP contribution in [-0.4, -0.2) is 26.6 Å². The summed E-state index contributed by atoms with van der Waals surface area (Å²) in [5.74, 6) is -1.79. The topological polar surface area (TPSA) is 106 Å². The molecule has 0 aliphatic carbocycles. The fourth-order valence-corrected chi connectivity index (χ4v) is 4.48. The SMILES string of the molecule is CC(=NC(=O)c1cccnc1Nc1ccc(-c2ccc3ncnc(N)c3c2)s1)c1ccc(F)c(F)c1. The van der Waals surface area contributed by atoms with E-state index in [4.69, 9.17) is 5.73 Å². The van der Waals surface area contributed by atoms with E-state index in [0.29, 0.717) is 17.2 Å². The quantitative estimate of drug-likeness (QED) is 0.287. The molecule has 0 aliphatic rings. The zero-order chi connectivity index (χ0) is 25.2. The number of nitrogens with two attached hydrogens (primary N) is 1. The fraction of sp³-hybridized carbons (Fsp3) is 0.0385. The zero-order valence-electron chi connectivity index (χ0n) is 18.9. The van der Waals surface area contributed by atoms with E-state index >= 15 is 0 Å². The first-order chi connectivity index (χ1) is 17.4. The number of thiophene rings is 1. The van der Waals surface area contributed by atoms with Crippen molar-refractivity contribution in [3.63, 3.8) is 0 Å². The van der Waals surface area contributed by atoms with Gasteiger partial charge in [-0.1, -0.05) is 12.1 Å². The first-order valence-corrected chi connectivity index (χ1v) is 11.6. The lowest BCUT2D eigenvalue weighted by Gasteiger charge is -2.08. The average molecular weight is 501 g/mol. The number of hydrogen-bond donors (Lipinski definition) is 2. The zero-order valence-corrected chi connectivity index (χ0v) is 19.7. The first-order valence-electron chi connectivity index (χ1n) is 10.8. The second-order valence-electron chi connectivity index (χ2n) is 7.81. The number of anilines is 3. The number of nitrogens with zero attached hydrogens (tertiary/aromatic N) is 4. The van der Waals surface area contributed by atoms with E-state index in [1.807, 2.05) is 30.3 Å². The highest BCUT2D eigenvalue weighted by atomic mass is 32.1. The Bertz CT molecular complexity index is 1650. The highest BCUT2D eigenvalue weighted by Crippen LogP contribution is 2.35. The van der Waals surface area contributed by atoms with Crippen molar-refractivity contribution < 1.29 is 13.6 Å². The molecule has 0 saturated heterocycles. The monoisotopic (exact) mass is 500 g/mol. The third-order valence-corrected chi connectivity index (χ3v) is 6.49. The van der Waals surface area contributed by atoms with E-state index in [0.717, 1.165) is 38.5 Å². The van der Waals surface area contributed by atoms with Crippen molar-refractivity contribution in [1.82, 2.24) is 15.0 Å². The van der Waals surface area contributed by atoms with Crippen molar-refractivity contribution in [1.29, 1.82) is 0 Å². The molecule has 0 atom stereocenters. The smallest absolute Gasteiger partial charge is 0.280 e. The van der Waals surface area contributed by atoms with Gasteiger partial charge in [0.25, 0.3) is 5.91 Å². The predicted octanol–water partition coefficient (Wildman–Crippen LogP) is 6.01. The number of aromatic nitrogens is 3. The Morgan fingerprint density at radius 3 is 2.69 bits per heavy atom. The molecule has 10 heteroatoms. The van der Waals surface area contributed by atoms with Gasteiger partial charge in [-0.25, -0.2) is 28.7 Å². The van der Waals surface area contributed by atoms with Gasteiger partial charge in [-0.3, -0.25) is 4.79 Å². The molecular formula is C26H18F2N6OS. The average Bonchev–Trinajstić information content (AvgIpc) is 3.34. The maximum atomic E-state index is 13.6. The van der Waals surface area contributed by atoms with Crippen molar-refractivity contribution in [2.45, 2.75) is 6.92 Å². The van der Waals surface area contributed by atoms with E-state index in [1.54, 1.807) is 25.3 Å². The maximum absolute atomic E-state index is 13.6. The minimum Gasteiger partial charge on any atom is -0.383 e. The standard InChI is InChI=1S/C26H18F2N6OS/c1-14(15-4-6-19(27)20(28)12-15)33-26(35)17-3-2-10-30-25(17)34-23-9-8-22(36-23)16-5-7-21-18(11-16)24(29)32-13-31-21/h2-13H,1H3,(H,30,34)(H2,29,31,32). The number of halogens is 2. The van der Waals surface area contributed by atoms with E-state index in [1.165, 1.54) is 23.7 Å². The number of amides is 1. The number of aliphatic imine (C=N–C) groups is 1. The van der Waals surface area contributed by atoms with Gasteiger partial charge < -0.3 is 11.1 Å². The summed E-state index contributed by atoms with van der Waals surface area (Å²) in [6.45, 7) is 1.56. The number of benzene rings is 2. The Hall–Kier alpha value is -4.57. The maximum Gasteiger partial charge on any atom is 0.280 e. The molecule has 0 spiro atoms. The number of pyridine rings is 1. The third kappa shape index (κ3) is 4.66. The van der Waals surface area contributed by atoms with E-state index < -0.39 is 17.5 Å². The van der Waals surface area contributed by atoms with Crippen LogP contribution in [0.25, 0.3) is 21.3 Å². The molecule has 7 nitrogen and oxygen atoms in total. The van der Waals surface area contributed by atoms with Gasteiger partial charge in [-0.05, 0) is 66.6 Å². The molecule has 3 aromatic heterocycles. The van der Waals surface area contributed by atoms with Crippen LogP contribution in [0.4, 0.5) is 25.4 Å². The van der Waals surface area contributed by atoms with Gasteiger partial charge in [0.05, 0.1) is 16.1 Å². The second-order valence-corrected chi connectivity index (χ2v) is 8.89. The summed E-state index contributed by atoms with van der Waals surface area (Å²) >= 11 is 1.47. The number of hydrogen-bond acceptors (Lipinski definition) is 7. The highest BCUT2D eigenvalue weighted by Gasteiger charge is 2.15. The van der Waals surface area contributed by atoms with Gasteiger partial charge in [-0.15, -0.1) is 11.3 Å². The van der Waals surface area contributed by atoms with Crippen molar-refractivity contribution in [3.05, 3.63) is 95.9 Å². The van der Waals surface area contributed by atoms with Crippen LogP contribution in [0, 0.1) is 11.6 Å². The molecular weight excluding hydrogens is 482 g/mol. The Morgan fingerprint density at radius 1 is 1.00 bits per heavy atom. The molecule has 0 bridgehead atoms. The van der Waals surface area contributed by atoms with Crippen LogP contribution < -0.4 is 11.1 Å². The summed E-state index contributed by atoms with van der Waals surface area (Å²) in [5.41, 5.74) is 8.51. The molecule has 1 amide bonds. The molecule has 0 radical (unpaired) electrons. The molecule has 0 fully saturated rings. The van der Waals surface area contributed by atoms with Crippen LogP contribution >= 0.6 is 11.3 Å². The van der Waals surface area contributed by atoms with Crippen LogP contribution in [0.1, 0.15) is 22.8 Å². The molecule has 3 N–H and O–H groups in total. The van der Waals surface area contributed by atoms with E-state index in [9.17, 15) is 13.6 Å². The Kier molecular flexibility index (Phi) is 6.17. The van der Waals surface area contributed by atoms with Gasteiger partial charge in [0.15, 0.2) is 11.6 Å². The molecule has 178 valence electrons. The lowest BCUT2D eigenvalue weighted by Crippen LogP contribution is -2.06. The van der Waals surface area contributed by atoms with Gasteiger partial charge in [-0.2, -0.15) is 0 Å². The van der Waals surface area contributed by atoms with E-state index in [-0.39, 0.29) is 11.3 Å². The normalized spacial score (nSPS) is 11.6. The Morgan fingerprint density at radius 2 is 1.86 bits per heavy atom. The number of nitrogens with one attached hydrogen (secondary N) is 1. The number of nitrogen functional groups attached to an aromatic ring is 1. The van der Waals surface area contributed by atoms with Crippen molar-refractivity contribution in [3.8, 4) is 10.4 Å². The Balaban J connectivity index is 1.40. The van der Waals surface area contributed by atoms with Gasteiger partial charge in [0.2, 0.25) is 0 Å². The van der Waals surface area contributed by atoms with Crippen molar-refractivity contribution in [2.75, 3.05) is 11.1 Å². The summed E-state index contributed by atoms with van der Waals surface area (Å²) in [6, 6.07) is 16.2. The molecule has 5 aromatic rings. The summed E-state index contributed by atoms with van der Waals surface area (Å²) in [7, 11) is 0. The van der Waals surface area contributed by atoms with Crippen molar-refractivity contribution >= 4 is 50.5 Å². The van der Waals surface area contributed by atoms with Crippen LogP contribution in [0.5, 0.6) is 0 Å². The van der Waals surface area contributed by atoms with Crippen LogP contribution in [0.3, 0.4) is 0 Å². The van der Waals surface area contributed by atoms with Crippen LogP contribution in [0.2, 0.25) is 0 Å². The Labute approximate surface area is 208 Å². The molecule has 0 unspecified atom stereocenters.